The minimum absolute atomic E-state index is 0.130. The number of halogens is 1. The smallest absolute Gasteiger partial charge is 0.236 e. The summed E-state index contributed by atoms with van der Waals surface area (Å²) in [5.74, 6) is 0.839. The van der Waals surface area contributed by atoms with Crippen LogP contribution in [0.3, 0.4) is 0 Å². The molecular weight excluding hydrogens is 398 g/mol. The molecule has 2 N–H and O–H groups in total. The van der Waals surface area contributed by atoms with Gasteiger partial charge in [-0.15, -0.1) is 16.4 Å². The van der Waals surface area contributed by atoms with Gasteiger partial charge in [0.1, 0.15) is 5.82 Å². The number of carbonyl (C=O) groups excluding carboxylic acids is 1. The Kier molecular flexibility index (Phi) is 5.09. The predicted molar refractivity (Wildman–Crippen MR) is 95.7 cm³/mol. The summed E-state index contributed by atoms with van der Waals surface area (Å²) in [6, 6.07) is 7.88. The summed E-state index contributed by atoms with van der Waals surface area (Å²) in [6.45, 7) is 1.82. The van der Waals surface area contributed by atoms with Crippen molar-refractivity contribution in [2.24, 2.45) is 0 Å². The quantitative estimate of drug-likeness (QED) is 0.627. The molecule has 6 nitrogen and oxygen atoms in total. The molecule has 0 atom stereocenters. The number of anilines is 1. The Morgan fingerprint density at radius 2 is 2.13 bits per heavy atom. The van der Waals surface area contributed by atoms with Crippen LogP contribution in [0.4, 0.5) is 5.13 Å². The van der Waals surface area contributed by atoms with Crippen LogP contribution in [0, 0.1) is 6.92 Å². The number of rotatable bonds is 5. The molecule has 0 radical (unpaired) electrons. The first-order valence-corrected chi connectivity index (χ1v) is 9.29. The van der Waals surface area contributed by atoms with Gasteiger partial charge in [-0.3, -0.25) is 9.89 Å². The van der Waals surface area contributed by atoms with Crippen molar-refractivity contribution in [3.05, 3.63) is 39.9 Å². The second-order valence-corrected chi connectivity index (χ2v) is 7.30. The standard InChI is InChI=1S/C14H12BrN5OS2/c1-8-16-14(20-19-8)23-7-12(21)18-13-17-11(6-22-13)9-2-4-10(15)5-3-9/h2-6H,7H2,1H3,(H,16,19,20)(H,17,18,21). The van der Waals surface area contributed by atoms with Crippen LogP contribution in [0.5, 0.6) is 0 Å². The first-order valence-electron chi connectivity index (χ1n) is 6.63. The number of aromatic nitrogens is 4. The average molecular weight is 410 g/mol. The lowest BCUT2D eigenvalue weighted by molar-refractivity contribution is -0.113. The number of aromatic amines is 1. The van der Waals surface area contributed by atoms with Gasteiger partial charge < -0.3 is 5.32 Å². The van der Waals surface area contributed by atoms with Crippen LogP contribution in [0.25, 0.3) is 11.3 Å². The molecule has 3 aromatic rings. The van der Waals surface area contributed by atoms with Crippen LogP contribution < -0.4 is 5.32 Å². The summed E-state index contributed by atoms with van der Waals surface area (Å²) < 4.78 is 1.02. The van der Waals surface area contributed by atoms with Crippen molar-refractivity contribution in [1.29, 1.82) is 0 Å². The van der Waals surface area contributed by atoms with Crippen molar-refractivity contribution >= 4 is 50.1 Å². The predicted octanol–water partition coefficient (Wildman–Crippen LogP) is 3.73. The van der Waals surface area contributed by atoms with E-state index in [2.05, 4.69) is 41.4 Å². The lowest BCUT2D eigenvalue weighted by Crippen LogP contribution is -2.13. The highest BCUT2D eigenvalue weighted by atomic mass is 79.9. The Morgan fingerprint density at radius 3 is 2.83 bits per heavy atom. The number of nitrogens with one attached hydrogen (secondary N) is 2. The van der Waals surface area contributed by atoms with Crippen LogP contribution in [-0.4, -0.2) is 31.8 Å². The molecule has 0 saturated carbocycles. The molecule has 0 unspecified atom stereocenters. The van der Waals surface area contributed by atoms with E-state index in [4.69, 9.17) is 0 Å². The third-order valence-corrected chi connectivity index (χ3v) is 4.93. The minimum atomic E-state index is -0.130. The molecule has 3 rings (SSSR count). The summed E-state index contributed by atoms with van der Waals surface area (Å²) in [6.07, 6.45) is 0. The van der Waals surface area contributed by atoms with E-state index in [-0.39, 0.29) is 11.7 Å². The molecule has 0 spiro atoms. The Labute approximate surface area is 149 Å². The van der Waals surface area contributed by atoms with Crippen molar-refractivity contribution in [2.45, 2.75) is 12.1 Å². The third-order valence-electron chi connectivity index (χ3n) is 2.80. The minimum Gasteiger partial charge on any atom is -0.301 e. The van der Waals surface area contributed by atoms with Crippen molar-refractivity contribution in [3.63, 3.8) is 0 Å². The molecule has 0 aliphatic carbocycles. The van der Waals surface area contributed by atoms with Gasteiger partial charge in [0, 0.05) is 15.4 Å². The molecule has 0 aliphatic rings. The monoisotopic (exact) mass is 409 g/mol. The van der Waals surface area contributed by atoms with E-state index in [1.54, 1.807) is 0 Å². The molecule has 118 valence electrons. The highest BCUT2D eigenvalue weighted by molar-refractivity contribution is 9.10. The van der Waals surface area contributed by atoms with E-state index in [0.29, 0.717) is 10.3 Å². The topological polar surface area (TPSA) is 83.6 Å². The third kappa shape index (κ3) is 4.40. The van der Waals surface area contributed by atoms with Crippen LogP contribution >= 0.6 is 39.0 Å². The molecule has 23 heavy (non-hydrogen) atoms. The van der Waals surface area contributed by atoms with Gasteiger partial charge in [-0.25, -0.2) is 9.97 Å². The maximum absolute atomic E-state index is 11.9. The second kappa shape index (κ2) is 7.24. The molecule has 2 aromatic heterocycles. The van der Waals surface area contributed by atoms with Crippen LogP contribution in [0.15, 0.2) is 39.3 Å². The number of aryl methyl sites for hydroxylation is 1. The zero-order valence-electron chi connectivity index (χ0n) is 12.0. The maximum Gasteiger partial charge on any atom is 0.236 e. The number of hydrogen-bond acceptors (Lipinski definition) is 6. The molecule has 1 aromatic carbocycles. The first kappa shape index (κ1) is 16.2. The fourth-order valence-electron chi connectivity index (χ4n) is 1.76. The van der Waals surface area contributed by atoms with Gasteiger partial charge in [-0.05, 0) is 19.1 Å². The van der Waals surface area contributed by atoms with E-state index in [9.17, 15) is 4.79 Å². The van der Waals surface area contributed by atoms with Gasteiger partial charge in [0.2, 0.25) is 11.1 Å². The average Bonchev–Trinajstić information content (AvgIpc) is 3.15. The zero-order chi connectivity index (χ0) is 16.2. The van der Waals surface area contributed by atoms with Gasteiger partial charge in [0.05, 0.1) is 11.4 Å². The Balaban J connectivity index is 1.58. The summed E-state index contributed by atoms with van der Waals surface area (Å²) in [7, 11) is 0. The van der Waals surface area contributed by atoms with E-state index in [1.807, 2.05) is 36.6 Å². The van der Waals surface area contributed by atoms with E-state index in [0.717, 1.165) is 21.6 Å². The number of hydrogen-bond donors (Lipinski definition) is 2. The van der Waals surface area contributed by atoms with E-state index in [1.165, 1.54) is 23.1 Å². The Bertz CT molecular complexity index is 815. The number of H-pyrrole nitrogens is 1. The Morgan fingerprint density at radius 1 is 1.35 bits per heavy atom. The van der Waals surface area contributed by atoms with E-state index >= 15 is 0 Å². The lowest BCUT2D eigenvalue weighted by Gasteiger charge is -1.99. The van der Waals surface area contributed by atoms with Gasteiger partial charge in [-0.1, -0.05) is 39.8 Å². The molecule has 0 fully saturated rings. The fourth-order valence-corrected chi connectivity index (χ4v) is 3.40. The molecule has 9 heteroatoms. The number of thioether (sulfide) groups is 1. The molecule has 0 aliphatic heterocycles. The summed E-state index contributed by atoms with van der Waals surface area (Å²) >= 11 is 6.09. The van der Waals surface area contributed by atoms with Gasteiger partial charge >= 0.3 is 0 Å². The number of benzene rings is 1. The molecule has 2 heterocycles. The van der Waals surface area contributed by atoms with Crippen LogP contribution in [-0.2, 0) is 4.79 Å². The highest BCUT2D eigenvalue weighted by Crippen LogP contribution is 2.26. The van der Waals surface area contributed by atoms with Crippen molar-refractivity contribution < 1.29 is 4.79 Å². The molecule has 0 bridgehead atoms. The number of amides is 1. The number of carbonyl (C=O) groups is 1. The van der Waals surface area contributed by atoms with E-state index < -0.39 is 0 Å². The maximum atomic E-state index is 11.9. The lowest BCUT2D eigenvalue weighted by atomic mass is 10.2. The number of thiazole rings is 1. The van der Waals surface area contributed by atoms with Crippen LogP contribution in [0.1, 0.15) is 5.82 Å². The number of nitrogens with zero attached hydrogens (tertiary/aromatic N) is 3. The normalized spacial score (nSPS) is 10.7. The SMILES string of the molecule is Cc1nc(SCC(=O)Nc2nc(-c3ccc(Br)cc3)cs2)n[nH]1. The fraction of sp³-hybridized carbons (Fsp3) is 0.143. The Hall–Kier alpha value is -1.71. The highest BCUT2D eigenvalue weighted by Gasteiger charge is 2.10. The molecule has 1 amide bonds. The van der Waals surface area contributed by atoms with Crippen molar-refractivity contribution in [2.75, 3.05) is 11.1 Å². The second-order valence-electron chi connectivity index (χ2n) is 4.59. The summed E-state index contributed by atoms with van der Waals surface area (Å²) in [5, 5.41) is 12.6. The van der Waals surface area contributed by atoms with Gasteiger partial charge in [0.15, 0.2) is 5.13 Å². The summed E-state index contributed by atoms with van der Waals surface area (Å²) in [5.41, 5.74) is 1.85. The van der Waals surface area contributed by atoms with Crippen molar-refractivity contribution in [3.8, 4) is 11.3 Å². The van der Waals surface area contributed by atoms with Crippen LogP contribution in [0.2, 0.25) is 0 Å². The van der Waals surface area contributed by atoms with Gasteiger partial charge in [-0.2, -0.15) is 0 Å². The van der Waals surface area contributed by atoms with Crippen molar-refractivity contribution in [1.82, 2.24) is 20.2 Å². The first-order chi connectivity index (χ1) is 11.1. The molecule has 0 saturated heterocycles. The van der Waals surface area contributed by atoms with Gasteiger partial charge in [0.25, 0.3) is 0 Å². The largest absolute Gasteiger partial charge is 0.301 e. The molecular formula is C14H12BrN5OS2. The summed E-state index contributed by atoms with van der Waals surface area (Å²) in [4.78, 5) is 20.5. The zero-order valence-corrected chi connectivity index (χ0v) is 15.3.